The molecule has 33 heavy (non-hydrogen) atoms. The molecule has 0 bridgehead atoms. The topological polar surface area (TPSA) is 133 Å². The van der Waals surface area contributed by atoms with Crippen LogP contribution in [0.1, 0.15) is 16.9 Å². The van der Waals surface area contributed by atoms with Gasteiger partial charge < -0.3 is 13.9 Å². The normalized spacial score (nSPS) is 10.9. The first-order valence-corrected chi connectivity index (χ1v) is 9.64. The lowest BCUT2D eigenvalue weighted by atomic mass is 10.2. The fourth-order valence-corrected chi connectivity index (χ4v) is 2.59. The summed E-state index contributed by atoms with van der Waals surface area (Å²) >= 11 is 0. The van der Waals surface area contributed by atoms with Crippen molar-refractivity contribution in [1.82, 2.24) is 5.43 Å². The quantitative estimate of drug-likeness (QED) is 0.132. The summed E-state index contributed by atoms with van der Waals surface area (Å²) in [6.07, 6.45) is 5.56. The van der Waals surface area contributed by atoms with Crippen molar-refractivity contribution in [2.45, 2.75) is 6.92 Å². The number of nitro groups is 1. The van der Waals surface area contributed by atoms with Crippen LogP contribution in [-0.4, -0.2) is 29.6 Å². The molecule has 3 rings (SSSR count). The number of nitrogens with one attached hydrogen (secondary N) is 1. The molecule has 10 heteroatoms. The Morgan fingerprint density at radius 1 is 1.18 bits per heavy atom. The number of aryl methyl sites for hydroxylation is 1. The predicted molar refractivity (Wildman–Crippen MR) is 119 cm³/mol. The molecule has 168 valence electrons. The van der Waals surface area contributed by atoms with E-state index < -0.39 is 23.4 Å². The van der Waals surface area contributed by atoms with Gasteiger partial charge in [-0.25, -0.2) is 10.2 Å². The fraction of sp³-hybridized carbons (Fsp3) is 0.0870. The first kappa shape index (κ1) is 22.9. The van der Waals surface area contributed by atoms with Gasteiger partial charge in [0.25, 0.3) is 5.91 Å². The number of rotatable bonds is 9. The summed E-state index contributed by atoms with van der Waals surface area (Å²) in [5, 5.41) is 14.9. The molecule has 0 atom stereocenters. The third-order valence-corrected chi connectivity index (χ3v) is 4.08. The van der Waals surface area contributed by atoms with E-state index >= 15 is 0 Å². The van der Waals surface area contributed by atoms with Crippen molar-refractivity contribution in [3.63, 3.8) is 0 Å². The number of hydrazone groups is 1. The van der Waals surface area contributed by atoms with Gasteiger partial charge >= 0.3 is 11.7 Å². The molecule has 1 aromatic heterocycles. The highest BCUT2D eigenvalue weighted by molar-refractivity contribution is 5.89. The molecular weight excluding hydrogens is 430 g/mol. The molecule has 2 aromatic carbocycles. The van der Waals surface area contributed by atoms with Gasteiger partial charge in [-0.3, -0.25) is 14.9 Å². The lowest BCUT2D eigenvalue weighted by Gasteiger charge is -2.06. The highest BCUT2D eigenvalue weighted by Crippen LogP contribution is 2.27. The lowest BCUT2D eigenvalue weighted by molar-refractivity contribution is -0.385. The number of carbonyl (C=O) groups is 2. The minimum atomic E-state index is -0.605. The summed E-state index contributed by atoms with van der Waals surface area (Å²) in [7, 11) is 0. The summed E-state index contributed by atoms with van der Waals surface area (Å²) in [5.74, 6) is -0.401. The Bertz CT molecular complexity index is 1200. The second-order valence-corrected chi connectivity index (χ2v) is 6.65. The van der Waals surface area contributed by atoms with Crippen LogP contribution >= 0.6 is 0 Å². The molecule has 0 saturated carbocycles. The molecule has 3 aromatic rings. The number of ether oxygens (including phenoxy) is 2. The van der Waals surface area contributed by atoms with Crippen molar-refractivity contribution in [2.24, 2.45) is 5.10 Å². The van der Waals surface area contributed by atoms with Gasteiger partial charge in [0, 0.05) is 12.1 Å². The van der Waals surface area contributed by atoms with Gasteiger partial charge in [-0.15, -0.1) is 0 Å². The summed E-state index contributed by atoms with van der Waals surface area (Å²) < 4.78 is 15.5. The van der Waals surface area contributed by atoms with Gasteiger partial charge in [0.1, 0.15) is 11.5 Å². The SMILES string of the molecule is Cc1ccc(OCC(=O)N/N=C\c2cccc(OC(=O)/C=C/c3ccco3)c2)c([N+](=O)[O-])c1. The molecule has 0 aliphatic heterocycles. The molecule has 1 heterocycles. The van der Waals surface area contributed by atoms with Crippen LogP contribution in [0.5, 0.6) is 11.5 Å². The summed E-state index contributed by atoms with van der Waals surface area (Å²) in [6, 6.07) is 14.3. The van der Waals surface area contributed by atoms with Crippen LogP contribution in [0.2, 0.25) is 0 Å². The highest BCUT2D eigenvalue weighted by atomic mass is 16.6. The maximum absolute atomic E-state index is 11.9. The van der Waals surface area contributed by atoms with E-state index in [1.165, 1.54) is 36.8 Å². The van der Waals surface area contributed by atoms with E-state index in [9.17, 15) is 19.7 Å². The number of furan rings is 1. The molecular formula is C23H19N3O7. The van der Waals surface area contributed by atoms with Gasteiger partial charge in [0.05, 0.1) is 17.4 Å². The Morgan fingerprint density at radius 3 is 2.79 bits per heavy atom. The Balaban J connectivity index is 1.50. The number of amides is 1. The van der Waals surface area contributed by atoms with Crippen molar-refractivity contribution < 1.29 is 28.4 Å². The molecule has 1 N–H and O–H groups in total. The first-order chi connectivity index (χ1) is 15.9. The van der Waals surface area contributed by atoms with Gasteiger partial charge in [-0.1, -0.05) is 18.2 Å². The number of nitrogens with zero attached hydrogens (tertiary/aromatic N) is 2. The molecule has 0 radical (unpaired) electrons. The number of nitro benzene ring substituents is 1. The average molecular weight is 449 g/mol. The number of benzene rings is 2. The zero-order chi connectivity index (χ0) is 23.6. The van der Waals surface area contributed by atoms with Gasteiger partial charge in [0.15, 0.2) is 12.4 Å². The molecule has 10 nitrogen and oxygen atoms in total. The Kier molecular flexibility index (Phi) is 7.68. The van der Waals surface area contributed by atoms with Gasteiger partial charge in [-0.2, -0.15) is 5.10 Å². The molecule has 0 aliphatic carbocycles. The minimum Gasteiger partial charge on any atom is -0.477 e. The first-order valence-electron chi connectivity index (χ1n) is 9.64. The largest absolute Gasteiger partial charge is 0.477 e. The Labute approximate surface area is 188 Å². The van der Waals surface area contributed by atoms with E-state index in [1.54, 1.807) is 49.4 Å². The maximum Gasteiger partial charge on any atom is 0.336 e. The van der Waals surface area contributed by atoms with Crippen molar-refractivity contribution >= 4 is 29.9 Å². The van der Waals surface area contributed by atoms with Gasteiger partial charge in [-0.05, 0) is 54.5 Å². The molecule has 1 amide bonds. The van der Waals surface area contributed by atoms with Crippen LogP contribution in [0.4, 0.5) is 5.69 Å². The van der Waals surface area contributed by atoms with Crippen LogP contribution in [0, 0.1) is 17.0 Å². The monoisotopic (exact) mass is 449 g/mol. The molecule has 0 aliphatic rings. The predicted octanol–water partition coefficient (Wildman–Crippen LogP) is 3.64. The average Bonchev–Trinajstić information content (AvgIpc) is 3.31. The van der Waals surface area contributed by atoms with Crippen molar-refractivity contribution in [3.05, 3.63) is 93.9 Å². The zero-order valence-electron chi connectivity index (χ0n) is 17.5. The molecule has 0 unspecified atom stereocenters. The third-order valence-electron chi connectivity index (χ3n) is 4.08. The summed E-state index contributed by atoms with van der Waals surface area (Å²) in [5.41, 5.74) is 3.30. The standard InChI is InChI=1S/C23H19N3O7/c1-16-7-9-21(20(12-16)26(29)30)32-15-22(27)25-24-14-17-4-2-5-19(13-17)33-23(28)10-8-18-6-3-11-31-18/h2-14H,15H2,1H3,(H,25,27)/b10-8+,24-14-. The Morgan fingerprint density at radius 2 is 2.03 bits per heavy atom. The fourth-order valence-electron chi connectivity index (χ4n) is 2.59. The number of hydrogen-bond donors (Lipinski definition) is 1. The number of hydrogen-bond acceptors (Lipinski definition) is 8. The number of esters is 1. The molecule has 0 fully saturated rings. The van der Waals surface area contributed by atoms with Crippen LogP contribution < -0.4 is 14.9 Å². The van der Waals surface area contributed by atoms with Crippen LogP contribution in [0.25, 0.3) is 6.08 Å². The van der Waals surface area contributed by atoms with Crippen molar-refractivity contribution in [1.29, 1.82) is 0 Å². The molecule has 0 spiro atoms. The second kappa shape index (κ2) is 11.0. The van der Waals surface area contributed by atoms with Crippen LogP contribution in [0.3, 0.4) is 0 Å². The van der Waals surface area contributed by atoms with E-state index in [0.717, 1.165) is 0 Å². The smallest absolute Gasteiger partial charge is 0.336 e. The molecule has 0 saturated heterocycles. The van der Waals surface area contributed by atoms with Crippen LogP contribution in [0.15, 0.2) is 76.5 Å². The maximum atomic E-state index is 11.9. The minimum absolute atomic E-state index is 0.0136. The summed E-state index contributed by atoms with van der Waals surface area (Å²) in [4.78, 5) is 34.3. The van der Waals surface area contributed by atoms with E-state index in [4.69, 9.17) is 13.9 Å². The van der Waals surface area contributed by atoms with E-state index in [-0.39, 0.29) is 17.2 Å². The van der Waals surface area contributed by atoms with Gasteiger partial charge in [0.2, 0.25) is 0 Å². The van der Waals surface area contributed by atoms with E-state index in [0.29, 0.717) is 16.9 Å². The lowest BCUT2D eigenvalue weighted by Crippen LogP contribution is -2.24. The number of carbonyl (C=O) groups excluding carboxylic acids is 2. The van der Waals surface area contributed by atoms with E-state index in [2.05, 4.69) is 10.5 Å². The summed E-state index contributed by atoms with van der Waals surface area (Å²) in [6.45, 7) is 1.26. The second-order valence-electron chi connectivity index (χ2n) is 6.65. The van der Waals surface area contributed by atoms with Crippen LogP contribution in [-0.2, 0) is 9.59 Å². The van der Waals surface area contributed by atoms with Crippen molar-refractivity contribution in [3.8, 4) is 11.5 Å². The highest BCUT2D eigenvalue weighted by Gasteiger charge is 2.16. The van der Waals surface area contributed by atoms with Crippen molar-refractivity contribution in [2.75, 3.05) is 6.61 Å². The van der Waals surface area contributed by atoms with E-state index in [1.807, 2.05) is 0 Å². The zero-order valence-corrected chi connectivity index (χ0v) is 17.5. The third kappa shape index (κ3) is 7.17. The Hall–Kier alpha value is -4.73.